The fourth-order valence-corrected chi connectivity index (χ4v) is 2.89. The Labute approximate surface area is 154 Å². The number of amides is 1. The van der Waals surface area contributed by atoms with Crippen LogP contribution in [0.1, 0.15) is 39.9 Å². The van der Waals surface area contributed by atoms with Gasteiger partial charge in [-0.1, -0.05) is 42.0 Å². The summed E-state index contributed by atoms with van der Waals surface area (Å²) in [5.74, 6) is -0.310. The first-order valence-electron chi connectivity index (χ1n) is 8.91. The average molecular weight is 349 g/mol. The Kier molecular flexibility index (Phi) is 5.84. The minimum absolute atomic E-state index is 0.0760. The summed E-state index contributed by atoms with van der Waals surface area (Å²) >= 11 is 0. The van der Waals surface area contributed by atoms with E-state index in [-0.39, 0.29) is 18.5 Å². The molecule has 0 bridgehead atoms. The highest BCUT2D eigenvalue weighted by molar-refractivity contribution is 5.94. The summed E-state index contributed by atoms with van der Waals surface area (Å²) in [5.41, 5.74) is 3.68. The van der Waals surface area contributed by atoms with E-state index in [9.17, 15) is 9.59 Å². The van der Waals surface area contributed by atoms with Crippen molar-refractivity contribution >= 4 is 18.0 Å². The summed E-state index contributed by atoms with van der Waals surface area (Å²) in [6, 6.07) is 15.2. The zero-order valence-electron chi connectivity index (χ0n) is 15.0. The fraction of sp³-hybridized carbons (Fsp3) is 0.273. The van der Waals surface area contributed by atoms with Gasteiger partial charge >= 0.3 is 5.97 Å². The van der Waals surface area contributed by atoms with E-state index in [2.05, 4.69) is 0 Å². The van der Waals surface area contributed by atoms with Crippen molar-refractivity contribution in [1.29, 1.82) is 0 Å². The van der Waals surface area contributed by atoms with E-state index >= 15 is 0 Å². The molecule has 134 valence electrons. The summed E-state index contributed by atoms with van der Waals surface area (Å²) in [4.78, 5) is 26.0. The van der Waals surface area contributed by atoms with Crippen LogP contribution in [-0.2, 0) is 16.1 Å². The maximum absolute atomic E-state index is 12.3. The summed E-state index contributed by atoms with van der Waals surface area (Å²) in [5, 5.41) is 0. The van der Waals surface area contributed by atoms with E-state index < -0.39 is 0 Å². The Balaban J connectivity index is 1.50. The number of aryl methyl sites for hydroxylation is 1. The van der Waals surface area contributed by atoms with E-state index in [4.69, 9.17) is 4.74 Å². The number of carbonyl (C=O) groups is 2. The van der Waals surface area contributed by atoms with Crippen LogP contribution >= 0.6 is 0 Å². The molecule has 1 amide bonds. The first-order valence-corrected chi connectivity index (χ1v) is 8.91. The second kappa shape index (κ2) is 8.48. The van der Waals surface area contributed by atoms with E-state index in [1.165, 1.54) is 11.6 Å². The van der Waals surface area contributed by atoms with Crippen molar-refractivity contribution in [3.8, 4) is 0 Å². The van der Waals surface area contributed by atoms with Gasteiger partial charge in [0.25, 0.3) is 5.91 Å². The van der Waals surface area contributed by atoms with Crippen molar-refractivity contribution in [2.45, 2.75) is 26.4 Å². The van der Waals surface area contributed by atoms with Gasteiger partial charge in [-0.25, -0.2) is 4.79 Å². The van der Waals surface area contributed by atoms with Crippen LogP contribution in [0.2, 0.25) is 0 Å². The first-order chi connectivity index (χ1) is 12.6. The van der Waals surface area contributed by atoms with Crippen molar-refractivity contribution in [2.24, 2.45) is 0 Å². The lowest BCUT2D eigenvalue weighted by Crippen LogP contribution is -2.27. The number of esters is 1. The molecule has 0 spiro atoms. The minimum atomic E-state index is -0.386. The molecule has 0 aromatic heterocycles. The van der Waals surface area contributed by atoms with Gasteiger partial charge in [-0.05, 0) is 49.1 Å². The van der Waals surface area contributed by atoms with Crippen LogP contribution < -0.4 is 0 Å². The van der Waals surface area contributed by atoms with Crippen LogP contribution in [-0.4, -0.2) is 29.9 Å². The molecular weight excluding hydrogens is 326 g/mol. The van der Waals surface area contributed by atoms with Crippen LogP contribution in [0.25, 0.3) is 6.08 Å². The molecule has 0 aliphatic carbocycles. The molecule has 0 saturated carbocycles. The lowest BCUT2D eigenvalue weighted by atomic mass is 10.1. The third kappa shape index (κ3) is 4.82. The van der Waals surface area contributed by atoms with Crippen LogP contribution in [0.5, 0.6) is 0 Å². The highest BCUT2D eigenvalue weighted by Crippen LogP contribution is 2.14. The molecule has 2 aromatic carbocycles. The summed E-state index contributed by atoms with van der Waals surface area (Å²) in [6.07, 6.45) is 5.32. The predicted molar refractivity (Wildman–Crippen MR) is 102 cm³/mol. The maximum Gasteiger partial charge on any atom is 0.331 e. The van der Waals surface area contributed by atoms with Crippen LogP contribution in [0.15, 0.2) is 54.6 Å². The number of carbonyl (C=O) groups excluding carboxylic acids is 2. The zero-order chi connectivity index (χ0) is 18.4. The SMILES string of the molecule is Cc1ccc(/C=C/C(=O)OCc2ccc(C(=O)N3CCCC3)cc2)cc1. The third-order valence-corrected chi connectivity index (χ3v) is 4.46. The molecule has 4 heteroatoms. The van der Waals surface area contributed by atoms with Gasteiger partial charge < -0.3 is 9.64 Å². The number of ether oxygens (including phenoxy) is 1. The van der Waals surface area contributed by atoms with Crippen LogP contribution in [0.3, 0.4) is 0 Å². The van der Waals surface area contributed by atoms with E-state index in [1.807, 2.05) is 48.2 Å². The van der Waals surface area contributed by atoms with Crippen LogP contribution in [0.4, 0.5) is 0 Å². The van der Waals surface area contributed by atoms with E-state index in [0.717, 1.165) is 37.1 Å². The normalized spacial score (nSPS) is 14.0. The van der Waals surface area contributed by atoms with Crippen molar-refractivity contribution in [1.82, 2.24) is 4.90 Å². The molecular formula is C22H23NO3. The van der Waals surface area contributed by atoms with E-state index in [1.54, 1.807) is 18.2 Å². The second-order valence-corrected chi connectivity index (χ2v) is 6.55. The van der Waals surface area contributed by atoms with E-state index in [0.29, 0.717) is 5.56 Å². The number of likely N-dealkylation sites (tertiary alicyclic amines) is 1. The minimum Gasteiger partial charge on any atom is -0.458 e. The monoisotopic (exact) mass is 349 g/mol. The molecule has 1 saturated heterocycles. The number of hydrogen-bond donors (Lipinski definition) is 0. The number of benzene rings is 2. The molecule has 0 unspecified atom stereocenters. The Hall–Kier alpha value is -2.88. The number of nitrogens with zero attached hydrogens (tertiary/aromatic N) is 1. The van der Waals surface area contributed by atoms with Crippen molar-refractivity contribution < 1.29 is 14.3 Å². The molecule has 4 nitrogen and oxygen atoms in total. The fourth-order valence-electron chi connectivity index (χ4n) is 2.89. The molecule has 0 N–H and O–H groups in total. The number of rotatable bonds is 5. The predicted octanol–water partition coefficient (Wildman–Crippen LogP) is 3.99. The summed E-state index contributed by atoms with van der Waals surface area (Å²) in [7, 11) is 0. The molecule has 26 heavy (non-hydrogen) atoms. The molecule has 1 aliphatic rings. The molecule has 3 rings (SSSR count). The molecule has 0 atom stereocenters. The largest absolute Gasteiger partial charge is 0.458 e. The summed E-state index contributed by atoms with van der Waals surface area (Å²) in [6.45, 7) is 3.89. The van der Waals surface area contributed by atoms with Gasteiger partial charge in [0.15, 0.2) is 0 Å². The molecule has 1 heterocycles. The lowest BCUT2D eigenvalue weighted by molar-refractivity contribution is -0.138. The second-order valence-electron chi connectivity index (χ2n) is 6.55. The van der Waals surface area contributed by atoms with Gasteiger partial charge in [0.2, 0.25) is 0 Å². The number of hydrogen-bond acceptors (Lipinski definition) is 3. The molecule has 2 aromatic rings. The lowest BCUT2D eigenvalue weighted by Gasteiger charge is -2.15. The Morgan fingerprint density at radius 2 is 1.65 bits per heavy atom. The van der Waals surface area contributed by atoms with Gasteiger partial charge in [-0.2, -0.15) is 0 Å². The first kappa shape index (κ1) is 17.9. The molecule has 0 radical (unpaired) electrons. The van der Waals surface area contributed by atoms with Gasteiger partial charge in [-0.3, -0.25) is 4.79 Å². The highest BCUT2D eigenvalue weighted by Gasteiger charge is 2.19. The van der Waals surface area contributed by atoms with Crippen molar-refractivity contribution in [3.05, 3.63) is 76.9 Å². The standard InChI is InChI=1S/C22H23NO3/c1-17-4-6-18(7-5-17)10-13-21(24)26-16-19-8-11-20(12-9-19)22(25)23-14-2-3-15-23/h4-13H,2-3,14-16H2,1H3/b13-10+. The molecule has 1 fully saturated rings. The van der Waals surface area contributed by atoms with Gasteiger partial charge in [0, 0.05) is 24.7 Å². The zero-order valence-corrected chi connectivity index (χ0v) is 15.0. The Morgan fingerprint density at radius 3 is 2.31 bits per heavy atom. The summed E-state index contributed by atoms with van der Waals surface area (Å²) < 4.78 is 5.25. The van der Waals surface area contributed by atoms with Gasteiger partial charge in [0.1, 0.15) is 6.61 Å². The smallest absolute Gasteiger partial charge is 0.331 e. The molecule has 1 aliphatic heterocycles. The third-order valence-electron chi connectivity index (χ3n) is 4.46. The van der Waals surface area contributed by atoms with Crippen LogP contribution in [0, 0.1) is 6.92 Å². The van der Waals surface area contributed by atoms with Crippen molar-refractivity contribution in [3.63, 3.8) is 0 Å². The Morgan fingerprint density at radius 1 is 1.00 bits per heavy atom. The topological polar surface area (TPSA) is 46.6 Å². The quantitative estimate of drug-likeness (QED) is 0.606. The highest BCUT2D eigenvalue weighted by atomic mass is 16.5. The average Bonchev–Trinajstić information content (AvgIpc) is 3.20. The Bertz CT molecular complexity index is 785. The maximum atomic E-state index is 12.3. The van der Waals surface area contributed by atoms with Gasteiger partial charge in [-0.15, -0.1) is 0 Å². The van der Waals surface area contributed by atoms with Crippen molar-refractivity contribution in [2.75, 3.05) is 13.1 Å². The van der Waals surface area contributed by atoms with Gasteiger partial charge in [0.05, 0.1) is 0 Å².